The molecule has 0 radical (unpaired) electrons. The van der Waals surface area contributed by atoms with Crippen molar-refractivity contribution in [3.63, 3.8) is 0 Å². The van der Waals surface area contributed by atoms with Crippen molar-refractivity contribution in [1.29, 1.82) is 0 Å². The molecule has 3 heteroatoms. The molecule has 0 aromatic heterocycles. The fraction of sp³-hybridized carbons (Fsp3) is 1.00. The largest absolute Gasteiger partial charge is 0.311 e. The number of hydrogen-bond acceptors (Lipinski definition) is 2. The van der Waals surface area contributed by atoms with Gasteiger partial charge < -0.3 is 5.32 Å². The molecule has 18 heavy (non-hydrogen) atoms. The van der Waals surface area contributed by atoms with Crippen molar-refractivity contribution in [2.75, 3.05) is 12.3 Å². The Kier molecular flexibility index (Phi) is 2.68. The molecule has 102 valence electrons. The molecule has 3 atom stereocenters. The monoisotopic (exact) mass is 267 g/mol. The van der Waals surface area contributed by atoms with Gasteiger partial charge in [-0.25, -0.2) is 0 Å². The molecule has 2 nitrogen and oxygen atoms in total. The number of rotatable bonds is 1. The van der Waals surface area contributed by atoms with Gasteiger partial charge in [-0.15, -0.1) is 0 Å². The highest BCUT2D eigenvalue weighted by atomic mass is 32.2. The van der Waals surface area contributed by atoms with E-state index < -0.39 is 10.8 Å². The molecule has 0 amide bonds. The second kappa shape index (κ2) is 4.05. The van der Waals surface area contributed by atoms with E-state index in [1.165, 1.54) is 38.5 Å². The van der Waals surface area contributed by atoms with Crippen LogP contribution in [0.5, 0.6) is 0 Å². The van der Waals surface area contributed by atoms with E-state index in [2.05, 4.69) is 12.2 Å². The molecule has 1 aliphatic heterocycles. The molecule has 4 bridgehead atoms. The first-order chi connectivity index (χ1) is 8.64. The molecule has 5 fully saturated rings. The van der Waals surface area contributed by atoms with Crippen LogP contribution in [0, 0.1) is 23.2 Å². The Hall–Kier alpha value is 0.110. The molecule has 4 aliphatic carbocycles. The van der Waals surface area contributed by atoms with E-state index in [0.717, 1.165) is 30.1 Å². The van der Waals surface area contributed by atoms with Crippen LogP contribution in [-0.4, -0.2) is 27.8 Å². The zero-order valence-corrected chi connectivity index (χ0v) is 12.2. The normalized spacial score (nSPS) is 58.9. The first-order valence-electron chi connectivity index (χ1n) is 7.75. The van der Waals surface area contributed by atoms with Gasteiger partial charge in [-0.2, -0.15) is 0 Å². The van der Waals surface area contributed by atoms with Crippen LogP contribution in [0.25, 0.3) is 0 Å². The molecule has 0 spiro atoms. The minimum atomic E-state index is -0.590. The molecule has 1 heterocycles. The minimum absolute atomic E-state index is 0.357. The maximum Gasteiger partial charge on any atom is 0.0445 e. The molecular formula is C15H25NOS. The minimum Gasteiger partial charge on any atom is -0.311 e. The Bertz CT molecular complexity index is 345. The van der Waals surface area contributed by atoms with Gasteiger partial charge in [-0.3, -0.25) is 4.21 Å². The lowest BCUT2D eigenvalue weighted by atomic mass is 9.48. The van der Waals surface area contributed by atoms with Gasteiger partial charge in [0.25, 0.3) is 0 Å². The summed E-state index contributed by atoms with van der Waals surface area (Å²) in [6, 6.07) is 0.558. The predicted octanol–water partition coefficient (Wildman–Crippen LogP) is 2.31. The lowest BCUT2D eigenvalue weighted by Crippen LogP contribution is -2.61. The summed E-state index contributed by atoms with van der Waals surface area (Å²) in [5, 5.41) is 4.12. The van der Waals surface area contributed by atoms with Gasteiger partial charge in [-0.05, 0) is 68.6 Å². The average Bonchev–Trinajstić information content (AvgIpc) is 2.31. The summed E-state index contributed by atoms with van der Waals surface area (Å²) in [7, 11) is -0.590. The van der Waals surface area contributed by atoms with Gasteiger partial charge in [0, 0.05) is 34.4 Å². The SMILES string of the molecule is CC1CNC(C23CC4CC(CC(C4)C2)C3)CS1=O. The molecule has 1 N–H and O–H groups in total. The summed E-state index contributed by atoms with van der Waals surface area (Å²) in [6.45, 7) is 3.10. The lowest BCUT2D eigenvalue weighted by molar-refractivity contribution is -0.0700. The summed E-state index contributed by atoms with van der Waals surface area (Å²) >= 11 is 0. The van der Waals surface area contributed by atoms with Crippen LogP contribution in [0.15, 0.2) is 0 Å². The quantitative estimate of drug-likeness (QED) is 0.790. The number of hydrogen-bond donors (Lipinski definition) is 1. The second-order valence-electron chi connectivity index (χ2n) is 7.60. The van der Waals surface area contributed by atoms with E-state index in [9.17, 15) is 4.21 Å². The van der Waals surface area contributed by atoms with Gasteiger partial charge in [0.05, 0.1) is 0 Å². The highest BCUT2D eigenvalue weighted by molar-refractivity contribution is 7.85. The Morgan fingerprint density at radius 3 is 2.11 bits per heavy atom. The van der Waals surface area contributed by atoms with Crippen LogP contribution in [-0.2, 0) is 10.8 Å². The van der Waals surface area contributed by atoms with Crippen LogP contribution in [0.1, 0.15) is 45.4 Å². The maximum absolute atomic E-state index is 12.2. The second-order valence-corrected chi connectivity index (χ2v) is 9.50. The van der Waals surface area contributed by atoms with Gasteiger partial charge in [0.1, 0.15) is 0 Å². The summed E-state index contributed by atoms with van der Waals surface area (Å²) in [5.74, 6) is 3.94. The van der Waals surface area contributed by atoms with E-state index in [4.69, 9.17) is 0 Å². The fourth-order valence-corrected chi connectivity index (χ4v) is 7.20. The molecule has 0 aromatic rings. The zero-order chi connectivity index (χ0) is 12.3. The van der Waals surface area contributed by atoms with Crippen LogP contribution < -0.4 is 5.32 Å². The molecule has 3 unspecified atom stereocenters. The molecule has 5 rings (SSSR count). The van der Waals surface area contributed by atoms with Crippen LogP contribution in [0.4, 0.5) is 0 Å². The third kappa shape index (κ3) is 1.73. The average molecular weight is 267 g/mol. The first kappa shape index (κ1) is 11.9. The van der Waals surface area contributed by atoms with E-state index in [1.54, 1.807) is 0 Å². The van der Waals surface area contributed by atoms with Crippen molar-refractivity contribution in [3.8, 4) is 0 Å². The highest BCUT2D eigenvalue weighted by Gasteiger charge is 2.54. The van der Waals surface area contributed by atoms with Gasteiger partial charge in [-0.1, -0.05) is 0 Å². The smallest absolute Gasteiger partial charge is 0.0445 e. The van der Waals surface area contributed by atoms with E-state index in [1.807, 2.05) is 0 Å². The lowest BCUT2D eigenvalue weighted by Gasteiger charge is -2.60. The fourth-order valence-electron chi connectivity index (χ4n) is 5.79. The van der Waals surface area contributed by atoms with Crippen molar-refractivity contribution in [1.82, 2.24) is 5.32 Å². The van der Waals surface area contributed by atoms with E-state index in [-0.39, 0.29) is 0 Å². The number of nitrogens with one attached hydrogen (secondary N) is 1. The van der Waals surface area contributed by atoms with E-state index in [0.29, 0.717) is 16.7 Å². The maximum atomic E-state index is 12.2. The van der Waals surface area contributed by atoms with Crippen molar-refractivity contribution in [2.24, 2.45) is 23.2 Å². The van der Waals surface area contributed by atoms with Gasteiger partial charge in [0.2, 0.25) is 0 Å². The first-order valence-corrected chi connectivity index (χ1v) is 9.13. The molecule has 5 aliphatic rings. The van der Waals surface area contributed by atoms with Crippen LogP contribution in [0.3, 0.4) is 0 Å². The zero-order valence-electron chi connectivity index (χ0n) is 11.4. The topological polar surface area (TPSA) is 29.1 Å². The van der Waals surface area contributed by atoms with Crippen LogP contribution in [0.2, 0.25) is 0 Å². The van der Waals surface area contributed by atoms with Crippen molar-refractivity contribution in [2.45, 2.75) is 56.7 Å². The third-order valence-electron chi connectivity index (χ3n) is 6.26. The highest BCUT2D eigenvalue weighted by Crippen LogP contribution is 2.61. The standard InChI is InChI=1S/C15H25NOS/c1-10-8-16-14(9-18(10)17)15-5-11-2-12(6-15)4-13(3-11)7-15/h10-14,16H,2-9H2,1H3. The molecule has 0 aromatic carbocycles. The molecular weight excluding hydrogens is 242 g/mol. The third-order valence-corrected chi connectivity index (χ3v) is 7.98. The van der Waals surface area contributed by atoms with E-state index >= 15 is 0 Å². The Labute approximate surface area is 113 Å². The Morgan fingerprint density at radius 1 is 1.06 bits per heavy atom. The Balaban J connectivity index is 1.58. The van der Waals surface area contributed by atoms with Crippen LogP contribution >= 0.6 is 0 Å². The van der Waals surface area contributed by atoms with Crippen molar-refractivity contribution in [3.05, 3.63) is 0 Å². The summed E-state index contributed by atoms with van der Waals surface area (Å²) in [6.07, 6.45) is 8.81. The van der Waals surface area contributed by atoms with Gasteiger partial charge in [0.15, 0.2) is 0 Å². The van der Waals surface area contributed by atoms with Gasteiger partial charge >= 0.3 is 0 Å². The summed E-state index contributed by atoms with van der Waals surface area (Å²) in [4.78, 5) is 0. The summed E-state index contributed by atoms with van der Waals surface area (Å²) in [5.41, 5.74) is 0.532. The predicted molar refractivity (Wildman–Crippen MR) is 74.9 cm³/mol. The summed E-state index contributed by atoms with van der Waals surface area (Å²) < 4.78 is 12.2. The van der Waals surface area contributed by atoms with Crippen molar-refractivity contribution >= 4 is 10.8 Å². The van der Waals surface area contributed by atoms with Crippen molar-refractivity contribution < 1.29 is 4.21 Å². The molecule has 4 saturated carbocycles. The Morgan fingerprint density at radius 2 is 1.61 bits per heavy atom. The molecule has 1 saturated heterocycles.